The molecule has 0 amide bonds. The molecule has 0 spiro atoms. The third-order valence-corrected chi connectivity index (χ3v) is 3.77. The van der Waals surface area contributed by atoms with Gasteiger partial charge in [0.05, 0.1) is 6.04 Å². The SMILES string of the molecule is CC(NC1=NCN(CC2CC2)C=C1)c1cccc(F)c1. The van der Waals surface area contributed by atoms with E-state index in [0.717, 1.165) is 23.9 Å². The van der Waals surface area contributed by atoms with Crippen molar-refractivity contribution < 1.29 is 4.39 Å². The van der Waals surface area contributed by atoms with E-state index in [-0.39, 0.29) is 11.9 Å². The van der Waals surface area contributed by atoms with E-state index in [2.05, 4.69) is 21.4 Å². The summed E-state index contributed by atoms with van der Waals surface area (Å²) in [4.78, 5) is 6.78. The Bertz CT molecular complexity index is 534. The molecule has 1 fully saturated rings. The van der Waals surface area contributed by atoms with Crippen molar-refractivity contribution >= 4 is 5.84 Å². The predicted octanol–water partition coefficient (Wildman–Crippen LogP) is 3.07. The van der Waals surface area contributed by atoms with Crippen LogP contribution in [0.25, 0.3) is 0 Å². The smallest absolute Gasteiger partial charge is 0.124 e. The van der Waals surface area contributed by atoms with Crippen LogP contribution in [0.15, 0.2) is 41.5 Å². The number of hydrogen-bond donors (Lipinski definition) is 1. The van der Waals surface area contributed by atoms with E-state index in [9.17, 15) is 4.39 Å². The van der Waals surface area contributed by atoms with Gasteiger partial charge >= 0.3 is 0 Å². The first-order chi connectivity index (χ1) is 9.70. The lowest BCUT2D eigenvalue weighted by molar-refractivity contribution is 0.366. The molecule has 1 heterocycles. The highest BCUT2D eigenvalue weighted by atomic mass is 19.1. The minimum atomic E-state index is -0.201. The van der Waals surface area contributed by atoms with Gasteiger partial charge in [-0.15, -0.1) is 0 Å². The van der Waals surface area contributed by atoms with E-state index in [4.69, 9.17) is 0 Å². The Balaban J connectivity index is 1.55. The fourth-order valence-electron chi connectivity index (χ4n) is 2.37. The van der Waals surface area contributed by atoms with Crippen molar-refractivity contribution in [3.8, 4) is 0 Å². The summed E-state index contributed by atoms with van der Waals surface area (Å²) < 4.78 is 13.2. The van der Waals surface area contributed by atoms with Crippen LogP contribution >= 0.6 is 0 Å². The zero-order chi connectivity index (χ0) is 13.9. The average molecular weight is 273 g/mol. The largest absolute Gasteiger partial charge is 0.364 e. The summed E-state index contributed by atoms with van der Waals surface area (Å²) in [5.74, 6) is 1.54. The van der Waals surface area contributed by atoms with Gasteiger partial charge < -0.3 is 10.2 Å². The summed E-state index contributed by atoms with van der Waals surface area (Å²) in [5.41, 5.74) is 0.932. The van der Waals surface area contributed by atoms with Crippen molar-refractivity contribution in [3.05, 3.63) is 47.9 Å². The van der Waals surface area contributed by atoms with E-state index >= 15 is 0 Å². The minimum absolute atomic E-state index is 0.0454. The Morgan fingerprint density at radius 1 is 1.45 bits per heavy atom. The maximum Gasteiger partial charge on any atom is 0.124 e. The summed E-state index contributed by atoms with van der Waals surface area (Å²) in [6.45, 7) is 3.85. The fourth-order valence-corrected chi connectivity index (χ4v) is 2.37. The monoisotopic (exact) mass is 273 g/mol. The number of rotatable bonds is 4. The summed E-state index contributed by atoms with van der Waals surface area (Å²) in [6, 6.07) is 6.73. The van der Waals surface area contributed by atoms with Gasteiger partial charge in [0, 0.05) is 12.7 Å². The third kappa shape index (κ3) is 3.38. The molecule has 1 aliphatic heterocycles. The topological polar surface area (TPSA) is 27.6 Å². The van der Waals surface area contributed by atoms with Gasteiger partial charge in [0.2, 0.25) is 0 Å². The van der Waals surface area contributed by atoms with Crippen molar-refractivity contribution in [2.75, 3.05) is 13.2 Å². The molecule has 3 rings (SSSR count). The molecule has 1 N–H and O–H groups in total. The van der Waals surface area contributed by atoms with E-state index in [1.54, 1.807) is 12.1 Å². The number of hydrogen-bond acceptors (Lipinski definition) is 3. The van der Waals surface area contributed by atoms with Gasteiger partial charge in [-0.2, -0.15) is 0 Å². The molecular weight excluding hydrogens is 253 g/mol. The zero-order valence-corrected chi connectivity index (χ0v) is 11.7. The molecule has 0 aromatic heterocycles. The van der Waals surface area contributed by atoms with Crippen LogP contribution in [0, 0.1) is 11.7 Å². The molecule has 3 nitrogen and oxygen atoms in total. The molecule has 4 heteroatoms. The fraction of sp³-hybridized carbons (Fsp3) is 0.438. The lowest BCUT2D eigenvalue weighted by Crippen LogP contribution is -2.31. The third-order valence-electron chi connectivity index (χ3n) is 3.77. The predicted molar refractivity (Wildman–Crippen MR) is 78.8 cm³/mol. The second kappa shape index (κ2) is 5.65. The van der Waals surface area contributed by atoms with E-state index in [1.165, 1.54) is 18.9 Å². The molecule has 1 aliphatic carbocycles. The molecular formula is C16H20FN3. The standard InChI is InChI=1S/C16H20FN3/c1-12(14-3-2-4-15(17)9-14)19-16-7-8-20(11-18-16)10-13-5-6-13/h2-4,7-9,12-13H,5-6,10-11H2,1H3,(H,18,19). The van der Waals surface area contributed by atoms with Crippen molar-refractivity contribution in [1.82, 2.24) is 10.2 Å². The van der Waals surface area contributed by atoms with Crippen molar-refractivity contribution in [2.45, 2.75) is 25.8 Å². The zero-order valence-electron chi connectivity index (χ0n) is 11.7. The number of aliphatic imine (C=N–C) groups is 1. The van der Waals surface area contributed by atoms with Gasteiger partial charge in [0.1, 0.15) is 18.3 Å². The van der Waals surface area contributed by atoms with Crippen LogP contribution in [-0.4, -0.2) is 23.9 Å². The first-order valence-electron chi connectivity index (χ1n) is 7.19. The second-order valence-electron chi connectivity index (χ2n) is 5.64. The molecule has 1 aromatic rings. The van der Waals surface area contributed by atoms with Crippen LogP contribution in [0.3, 0.4) is 0 Å². The molecule has 0 radical (unpaired) electrons. The maximum atomic E-state index is 13.2. The molecule has 0 saturated heterocycles. The molecule has 20 heavy (non-hydrogen) atoms. The second-order valence-corrected chi connectivity index (χ2v) is 5.64. The Morgan fingerprint density at radius 3 is 2.95 bits per heavy atom. The first-order valence-corrected chi connectivity index (χ1v) is 7.19. The molecule has 1 unspecified atom stereocenters. The Hall–Kier alpha value is -1.84. The minimum Gasteiger partial charge on any atom is -0.364 e. The van der Waals surface area contributed by atoms with Gasteiger partial charge in [-0.1, -0.05) is 12.1 Å². The van der Waals surface area contributed by atoms with Crippen LogP contribution in [0.1, 0.15) is 31.4 Å². The Morgan fingerprint density at radius 2 is 2.30 bits per heavy atom. The molecule has 1 atom stereocenters. The number of halogens is 1. The summed E-state index contributed by atoms with van der Waals surface area (Å²) >= 11 is 0. The summed E-state index contributed by atoms with van der Waals surface area (Å²) in [7, 11) is 0. The molecule has 1 saturated carbocycles. The van der Waals surface area contributed by atoms with Gasteiger partial charge in [0.25, 0.3) is 0 Å². The normalized spacial score (nSPS) is 19.7. The van der Waals surface area contributed by atoms with Crippen LogP contribution in [0.5, 0.6) is 0 Å². The Labute approximate surface area is 119 Å². The van der Waals surface area contributed by atoms with Crippen molar-refractivity contribution in [2.24, 2.45) is 10.9 Å². The van der Waals surface area contributed by atoms with E-state index in [1.807, 2.05) is 19.1 Å². The number of benzene rings is 1. The lowest BCUT2D eigenvalue weighted by atomic mass is 10.1. The summed E-state index contributed by atoms with van der Waals surface area (Å²) in [6.07, 6.45) is 6.82. The molecule has 2 aliphatic rings. The van der Waals surface area contributed by atoms with Crippen molar-refractivity contribution in [1.29, 1.82) is 0 Å². The van der Waals surface area contributed by atoms with Crippen LogP contribution in [-0.2, 0) is 0 Å². The maximum absolute atomic E-state index is 13.2. The van der Waals surface area contributed by atoms with E-state index < -0.39 is 0 Å². The lowest BCUT2D eigenvalue weighted by Gasteiger charge is -2.24. The number of nitrogens with one attached hydrogen (secondary N) is 1. The van der Waals surface area contributed by atoms with Gasteiger partial charge in [-0.25, -0.2) is 9.38 Å². The summed E-state index contributed by atoms with van der Waals surface area (Å²) in [5, 5.41) is 3.32. The van der Waals surface area contributed by atoms with Gasteiger partial charge in [-0.05, 0) is 49.5 Å². The number of nitrogens with zero attached hydrogens (tertiary/aromatic N) is 2. The highest BCUT2D eigenvalue weighted by Crippen LogP contribution is 2.30. The van der Waals surface area contributed by atoms with E-state index in [0.29, 0.717) is 6.67 Å². The average Bonchev–Trinajstić information content (AvgIpc) is 3.25. The highest BCUT2D eigenvalue weighted by Gasteiger charge is 2.23. The van der Waals surface area contributed by atoms with Gasteiger partial charge in [0.15, 0.2) is 0 Å². The van der Waals surface area contributed by atoms with Crippen LogP contribution < -0.4 is 5.32 Å². The van der Waals surface area contributed by atoms with Crippen LogP contribution in [0.4, 0.5) is 4.39 Å². The molecule has 106 valence electrons. The molecule has 0 bridgehead atoms. The van der Waals surface area contributed by atoms with Crippen LogP contribution in [0.2, 0.25) is 0 Å². The quantitative estimate of drug-likeness (QED) is 0.913. The van der Waals surface area contributed by atoms with Gasteiger partial charge in [-0.3, -0.25) is 0 Å². The van der Waals surface area contributed by atoms with Crippen molar-refractivity contribution in [3.63, 3.8) is 0 Å². The molecule has 1 aromatic carbocycles. The Kier molecular flexibility index (Phi) is 3.72. The highest BCUT2D eigenvalue weighted by molar-refractivity contribution is 5.93. The first kappa shape index (κ1) is 13.2. The number of amidine groups is 1.